The highest BCUT2D eigenvalue weighted by atomic mass is 14.9. The number of rotatable bonds is 4. The molecule has 1 heterocycles. The second kappa shape index (κ2) is 7.20. The van der Waals surface area contributed by atoms with Gasteiger partial charge in [0.1, 0.15) is 0 Å². The summed E-state index contributed by atoms with van der Waals surface area (Å²) in [5.41, 5.74) is 2.42. The molecule has 0 aromatic carbocycles. The summed E-state index contributed by atoms with van der Waals surface area (Å²) in [4.78, 5) is 0. The van der Waals surface area contributed by atoms with E-state index in [9.17, 15) is 0 Å². The van der Waals surface area contributed by atoms with Crippen LogP contribution >= 0.6 is 0 Å². The van der Waals surface area contributed by atoms with Gasteiger partial charge in [-0.05, 0) is 50.0 Å². The van der Waals surface area contributed by atoms with Gasteiger partial charge in [0.05, 0.1) is 0 Å². The smallest absolute Gasteiger partial charge is 0.000830 e. The predicted octanol–water partition coefficient (Wildman–Crippen LogP) is 4.78. The largest absolute Gasteiger partial charge is 0.316 e. The van der Waals surface area contributed by atoms with Crippen molar-refractivity contribution >= 4 is 0 Å². The fraction of sp³-hybridized carbons (Fsp3) is 0.875. The maximum atomic E-state index is 3.96. The van der Waals surface area contributed by atoms with Gasteiger partial charge in [0.2, 0.25) is 0 Å². The first-order chi connectivity index (χ1) is 7.68. The lowest BCUT2D eigenvalue weighted by Crippen LogP contribution is -2.22. The molecule has 0 radical (unpaired) electrons. The minimum Gasteiger partial charge on any atom is -0.316 e. The number of allylic oxidation sites excluding steroid dienone is 1. The van der Waals surface area contributed by atoms with Crippen LogP contribution in [-0.2, 0) is 0 Å². The van der Waals surface area contributed by atoms with E-state index in [1.165, 1.54) is 44.3 Å². The van der Waals surface area contributed by atoms with Crippen molar-refractivity contribution in [1.29, 1.82) is 0 Å². The van der Waals surface area contributed by atoms with Crippen molar-refractivity contribution in [2.24, 2.45) is 10.8 Å². The van der Waals surface area contributed by atoms with Crippen LogP contribution in [0.1, 0.15) is 67.2 Å². The molecule has 1 aliphatic rings. The Labute approximate surface area is 109 Å². The first-order valence-corrected chi connectivity index (χ1v) is 7.04. The zero-order valence-corrected chi connectivity index (χ0v) is 12.9. The van der Waals surface area contributed by atoms with E-state index in [0.717, 1.165) is 0 Å². The average molecular weight is 239 g/mol. The molecule has 1 atom stereocenters. The van der Waals surface area contributed by atoms with Gasteiger partial charge in [0.25, 0.3) is 0 Å². The molecule has 0 aliphatic carbocycles. The monoisotopic (exact) mass is 239 g/mol. The summed E-state index contributed by atoms with van der Waals surface area (Å²) in [6.45, 7) is 19.6. The van der Waals surface area contributed by atoms with Gasteiger partial charge in [-0.3, -0.25) is 0 Å². The van der Waals surface area contributed by atoms with Crippen molar-refractivity contribution < 1.29 is 0 Å². The minimum atomic E-state index is 0.500. The Kier molecular flexibility index (Phi) is 7.08. The van der Waals surface area contributed by atoms with E-state index in [2.05, 4.69) is 53.4 Å². The van der Waals surface area contributed by atoms with E-state index in [0.29, 0.717) is 10.8 Å². The summed E-state index contributed by atoms with van der Waals surface area (Å²) in [5, 5.41) is 3.46. The molecule has 0 saturated carbocycles. The summed E-state index contributed by atoms with van der Waals surface area (Å²) >= 11 is 0. The number of hydrogen-bond acceptors (Lipinski definition) is 1. The molecule has 1 fully saturated rings. The Balaban J connectivity index is 0.000000437. The molecule has 0 amide bonds. The number of hydrogen-bond donors (Lipinski definition) is 1. The van der Waals surface area contributed by atoms with Gasteiger partial charge in [-0.25, -0.2) is 0 Å². The van der Waals surface area contributed by atoms with Gasteiger partial charge in [-0.2, -0.15) is 0 Å². The van der Waals surface area contributed by atoms with Crippen LogP contribution in [0, 0.1) is 10.8 Å². The molecule has 0 spiro atoms. The van der Waals surface area contributed by atoms with Crippen molar-refractivity contribution in [3.05, 3.63) is 12.2 Å². The Morgan fingerprint density at radius 1 is 1.29 bits per heavy atom. The molecule has 1 saturated heterocycles. The molecular formula is C16H33N. The predicted molar refractivity (Wildman–Crippen MR) is 79.4 cm³/mol. The highest BCUT2D eigenvalue weighted by molar-refractivity contribution is 4.94. The lowest BCUT2D eigenvalue weighted by atomic mass is 9.79. The zero-order valence-electron chi connectivity index (χ0n) is 12.9. The topological polar surface area (TPSA) is 12.0 Å². The van der Waals surface area contributed by atoms with Gasteiger partial charge < -0.3 is 5.32 Å². The third kappa shape index (κ3) is 9.41. The van der Waals surface area contributed by atoms with Crippen molar-refractivity contribution in [2.45, 2.75) is 67.2 Å². The first kappa shape index (κ1) is 16.7. The van der Waals surface area contributed by atoms with Crippen LogP contribution in [0.15, 0.2) is 12.2 Å². The van der Waals surface area contributed by atoms with Gasteiger partial charge in [0, 0.05) is 6.54 Å². The summed E-state index contributed by atoms with van der Waals surface area (Å²) in [6.07, 6.45) is 5.20. The second-order valence-corrected chi connectivity index (χ2v) is 7.24. The third-order valence-electron chi connectivity index (χ3n) is 3.16. The van der Waals surface area contributed by atoms with Gasteiger partial charge in [-0.1, -0.05) is 40.2 Å². The quantitative estimate of drug-likeness (QED) is 0.696. The van der Waals surface area contributed by atoms with E-state index in [1.54, 1.807) is 0 Å². The molecule has 1 unspecified atom stereocenters. The van der Waals surface area contributed by atoms with Crippen LogP contribution in [0.5, 0.6) is 0 Å². The molecule has 0 aromatic rings. The Bertz CT molecular complexity index is 210. The maximum Gasteiger partial charge on any atom is 0.000830 e. The molecule has 1 nitrogen and oxygen atoms in total. The Hall–Kier alpha value is -0.300. The van der Waals surface area contributed by atoms with Crippen LogP contribution in [0.2, 0.25) is 0 Å². The third-order valence-corrected chi connectivity index (χ3v) is 3.16. The molecule has 0 aromatic heterocycles. The summed E-state index contributed by atoms with van der Waals surface area (Å²) in [7, 11) is 0. The molecule has 1 heteroatoms. The molecular weight excluding hydrogens is 206 g/mol. The van der Waals surface area contributed by atoms with E-state index in [-0.39, 0.29) is 0 Å². The normalized spacial score (nSPS) is 24.1. The van der Waals surface area contributed by atoms with Gasteiger partial charge in [0.15, 0.2) is 0 Å². The van der Waals surface area contributed by atoms with E-state index in [1.807, 2.05) is 0 Å². The van der Waals surface area contributed by atoms with Crippen LogP contribution in [0.3, 0.4) is 0 Å². The maximum absolute atomic E-state index is 3.96. The fourth-order valence-electron chi connectivity index (χ4n) is 1.97. The minimum absolute atomic E-state index is 0.500. The highest BCUT2D eigenvalue weighted by Gasteiger charge is 2.30. The van der Waals surface area contributed by atoms with Crippen molar-refractivity contribution in [2.75, 3.05) is 13.1 Å². The van der Waals surface area contributed by atoms with Crippen molar-refractivity contribution in [3.63, 3.8) is 0 Å². The lowest BCUT2D eigenvalue weighted by molar-refractivity contribution is 0.284. The van der Waals surface area contributed by atoms with Crippen LogP contribution in [0.25, 0.3) is 0 Å². The lowest BCUT2D eigenvalue weighted by Gasteiger charge is -2.26. The van der Waals surface area contributed by atoms with E-state index < -0.39 is 0 Å². The highest BCUT2D eigenvalue weighted by Crippen LogP contribution is 2.35. The van der Waals surface area contributed by atoms with Crippen LogP contribution in [-0.4, -0.2) is 13.1 Å². The Morgan fingerprint density at radius 2 is 1.82 bits per heavy atom. The molecule has 102 valence electrons. The van der Waals surface area contributed by atoms with Crippen molar-refractivity contribution in [1.82, 2.24) is 5.32 Å². The first-order valence-electron chi connectivity index (χ1n) is 7.04. The Morgan fingerprint density at radius 3 is 2.12 bits per heavy atom. The summed E-state index contributed by atoms with van der Waals surface area (Å²) in [5.74, 6) is 0. The average Bonchev–Trinajstić information content (AvgIpc) is 2.61. The SMILES string of the molecule is C=C(C)CCC1(CC)CCNC1.CC(C)(C)C. The van der Waals surface area contributed by atoms with Gasteiger partial charge >= 0.3 is 0 Å². The number of nitrogens with one attached hydrogen (secondary N) is 1. The zero-order chi connectivity index (χ0) is 13.5. The van der Waals surface area contributed by atoms with E-state index in [4.69, 9.17) is 0 Å². The van der Waals surface area contributed by atoms with Gasteiger partial charge in [-0.15, -0.1) is 6.58 Å². The molecule has 1 rings (SSSR count). The summed E-state index contributed by atoms with van der Waals surface area (Å²) in [6, 6.07) is 0. The van der Waals surface area contributed by atoms with E-state index >= 15 is 0 Å². The standard InChI is InChI=1S/C11H21N.C5H12/c1-4-11(6-5-10(2)3)7-8-12-9-11;1-5(2,3)4/h12H,2,4-9H2,1,3H3;1-4H3. The summed E-state index contributed by atoms with van der Waals surface area (Å²) < 4.78 is 0. The fourth-order valence-corrected chi connectivity index (χ4v) is 1.97. The van der Waals surface area contributed by atoms with Crippen molar-refractivity contribution in [3.8, 4) is 0 Å². The molecule has 1 N–H and O–H groups in total. The van der Waals surface area contributed by atoms with Crippen LogP contribution in [0.4, 0.5) is 0 Å². The molecule has 0 bridgehead atoms. The second-order valence-electron chi connectivity index (χ2n) is 7.24. The molecule has 1 aliphatic heterocycles. The van der Waals surface area contributed by atoms with Crippen LogP contribution < -0.4 is 5.32 Å². The molecule has 17 heavy (non-hydrogen) atoms.